The second kappa shape index (κ2) is 4.61. The summed E-state index contributed by atoms with van der Waals surface area (Å²) in [4.78, 5) is 10.2. The van der Waals surface area contributed by atoms with E-state index < -0.39 is 0 Å². The van der Waals surface area contributed by atoms with Gasteiger partial charge >= 0.3 is 0 Å². The average Bonchev–Trinajstić information content (AvgIpc) is 2.15. The molecule has 0 fully saturated rings. The fraction of sp³-hybridized carbons (Fsp3) is 0.500. The van der Waals surface area contributed by atoms with Crippen molar-refractivity contribution in [3.05, 3.63) is 12.3 Å². The van der Waals surface area contributed by atoms with Gasteiger partial charge in [-0.1, -0.05) is 0 Å². The molecule has 1 rings (SSSR count). The van der Waals surface area contributed by atoms with Crippen molar-refractivity contribution in [2.45, 2.75) is 0 Å². The number of nitrogens with two attached hydrogens (primary N) is 1. The van der Waals surface area contributed by atoms with Crippen LogP contribution < -0.4 is 16.0 Å². The lowest BCUT2D eigenvalue weighted by molar-refractivity contribution is 0.974. The molecule has 0 radical (unpaired) electrons. The molecule has 0 aliphatic rings. The van der Waals surface area contributed by atoms with Crippen LogP contribution in [0.25, 0.3) is 0 Å². The normalized spacial score (nSPS) is 9.77. The van der Waals surface area contributed by atoms with Gasteiger partial charge in [0, 0.05) is 33.4 Å². The standard InChI is InChI=1S/C8H15N5/c1-13(2)7-3-5-10-8(12-7)11-6-4-9/h3,5H,4,6,9H2,1-2H3,(H,10,11,12). The van der Waals surface area contributed by atoms with Crippen LogP contribution in [0.15, 0.2) is 12.3 Å². The Labute approximate surface area is 78.0 Å². The molecule has 0 saturated heterocycles. The highest BCUT2D eigenvalue weighted by Crippen LogP contribution is 2.07. The molecule has 0 unspecified atom stereocenters. The van der Waals surface area contributed by atoms with Crippen molar-refractivity contribution in [2.75, 3.05) is 37.4 Å². The van der Waals surface area contributed by atoms with Gasteiger partial charge in [-0.15, -0.1) is 0 Å². The van der Waals surface area contributed by atoms with Crippen molar-refractivity contribution in [2.24, 2.45) is 5.73 Å². The van der Waals surface area contributed by atoms with Gasteiger partial charge in [-0.05, 0) is 6.07 Å². The highest BCUT2D eigenvalue weighted by Gasteiger charge is 1.98. The van der Waals surface area contributed by atoms with E-state index in [2.05, 4.69) is 15.3 Å². The van der Waals surface area contributed by atoms with Crippen LogP contribution in [0.1, 0.15) is 0 Å². The lowest BCUT2D eigenvalue weighted by Crippen LogP contribution is -2.16. The van der Waals surface area contributed by atoms with E-state index in [0.717, 1.165) is 5.82 Å². The number of anilines is 2. The number of aromatic nitrogens is 2. The topological polar surface area (TPSA) is 67.1 Å². The molecule has 0 saturated carbocycles. The first-order valence-electron chi connectivity index (χ1n) is 4.18. The van der Waals surface area contributed by atoms with Gasteiger partial charge in [0.25, 0.3) is 0 Å². The Morgan fingerprint density at radius 1 is 1.54 bits per heavy atom. The summed E-state index contributed by atoms with van der Waals surface area (Å²) in [5.41, 5.74) is 5.35. The van der Waals surface area contributed by atoms with Crippen LogP contribution in [0.2, 0.25) is 0 Å². The fourth-order valence-electron chi connectivity index (χ4n) is 0.867. The summed E-state index contributed by atoms with van der Waals surface area (Å²) in [7, 11) is 3.88. The summed E-state index contributed by atoms with van der Waals surface area (Å²) in [5.74, 6) is 1.51. The third-order valence-electron chi connectivity index (χ3n) is 1.53. The van der Waals surface area contributed by atoms with E-state index in [4.69, 9.17) is 5.73 Å². The van der Waals surface area contributed by atoms with Crippen molar-refractivity contribution in [3.63, 3.8) is 0 Å². The maximum Gasteiger partial charge on any atom is 0.224 e. The Morgan fingerprint density at radius 3 is 2.92 bits per heavy atom. The van der Waals surface area contributed by atoms with Crippen LogP contribution in [-0.4, -0.2) is 37.2 Å². The zero-order valence-electron chi connectivity index (χ0n) is 7.99. The Balaban J connectivity index is 2.68. The Morgan fingerprint density at radius 2 is 2.31 bits per heavy atom. The summed E-state index contributed by atoms with van der Waals surface area (Å²) in [6.07, 6.45) is 1.72. The molecule has 0 spiro atoms. The van der Waals surface area contributed by atoms with Crippen molar-refractivity contribution in [3.8, 4) is 0 Å². The Bertz CT molecular complexity index is 260. The zero-order valence-corrected chi connectivity index (χ0v) is 7.99. The molecule has 1 heterocycles. The van der Waals surface area contributed by atoms with Crippen LogP contribution in [0.4, 0.5) is 11.8 Å². The first-order valence-corrected chi connectivity index (χ1v) is 4.18. The van der Waals surface area contributed by atoms with Crippen molar-refractivity contribution in [1.82, 2.24) is 9.97 Å². The van der Waals surface area contributed by atoms with Crippen LogP contribution in [-0.2, 0) is 0 Å². The maximum atomic E-state index is 5.35. The largest absolute Gasteiger partial charge is 0.363 e. The quantitative estimate of drug-likeness (QED) is 0.679. The molecular formula is C8H15N5. The average molecular weight is 181 g/mol. The second-order valence-electron chi connectivity index (χ2n) is 2.85. The highest BCUT2D eigenvalue weighted by molar-refractivity contribution is 5.40. The van der Waals surface area contributed by atoms with E-state index in [1.54, 1.807) is 6.20 Å². The number of hydrogen-bond donors (Lipinski definition) is 2. The summed E-state index contributed by atoms with van der Waals surface area (Å²) in [6, 6.07) is 1.85. The fourth-order valence-corrected chi connectivity index (χ4v) is 0.867. The molecule has 0 aliphatic carbocycles. The van der Waals surface area contributed by atoms with Gasteiger partial charge in [0.05, 0.1) is 0 Å². The van der Waals surface area contributed by atoms with E-state index in [-0.39, 0.29) is 0 Å². The molecule has 0 amide bonds. The lowest BCUT2D eigenvalue weighted by atomic mass is 10.5. The van der Waals surface area contributed by atoms with E-state index in [9.17, 15) is 0 Å². The SMILES string of the molecule is CN(C)c1ccnc(NCCN)n1. The molecule has 1 aromatic heterocycles. The smallest absolute Gasteiger partial charge is 0.224 e. The van der Waals surface area contributed by atoms with Gasteiger partial charge in [-0.25, -0.2) is 4.98 Å². The number of hydrogen-bond acceptors (Lipinski definition) is 5. The summed E-state index contributed by atoms with van der Waals surface area (Å²) >= 11 is 0. The van der Waals surface area contributed by atoms with Crippen molar-refractivity contribution in [1.29, 1.82) is 0 Å². The third-order valence-corrected chi connectivity index (χ3v) is 1.53. The van der Waals surface area contributed by atoms with Gasteiger partial charge in [-0.2, -0.15) is 4.98 Å². The molecule has 5 nitrogen and oxygen atoms in total. The minimum Gasteiger partial charge on any atom is -0.363 e. The van der Waals surface area contributed by atoms with Crippen molar-refractivity contribution < 1.29 is 0 Å². The minimum atomic E-state index is 0.579. The van der Waals surface area contributed by atoms with Crippen LogP contribution >= 0.6 is 0 Å². The molecule has 5 heteroatoms. The molecule has 0 aromatic carbocycles. The molecular weight excluding hydrogens is 166 g/mol. The van der Waals surface area contributed by atoms with Gasteiger partial charge in [0.15, 0.2) is 0 Å². The monoisotopic (exact) mass is 181 g/mol. The van der Waals surface area contributed by atoms with Gasteiger partial charge < -0.3 is 16.0 Å². The second-order valence-corrected chi connectivity index (χ2v) is 2.85. The van der Waals surface area contributed by atoms with Crippen molar-refractivity contribution >= 4 is 11.8 Å². The molecule has 72 valence electrons. The molecule has 13 heavy (non-hydrogen) atoms. The Kier molecular flexibility index (Phi) is 3.45. The third kappa shape index (κ3) is 2.87. The number of nitrogens with zero attached hydrogens (tertiary/aromatic N) is 3. The predicted octanol–water partition coefficient (Wildman–Crippen LogP) is -0.0868. The van der Waals surface area contributed by atoms with E-state index in [1.807, 2.05) is 25.1 Å². The Hall–Kier alpha value is -1.36. The van der Waals surface area contributed by atoms with Gasteiger partial charge in [-0.3, -0.25) is 0 Å². The van der Waals surface area contributed by atoms with Gasteiger partial charge in [0.1, 0.15) is 5.82 Å². The van der Waals surface area contributed by atoms with E-state index >= 15 is 0 Å². The lowest BCUT2D eigenvalue weighted by Gasteiger charge is -2.11. The molecule has 0 bridgehead atoms. The zero-order chi connectivity index (χ0) is 9.68. The molecule has 3 N–H and O–H groups in total. The maximum absolute atomic E-state index is 5.35. The summed E-state index contributed by atoms with van der Waals surface area (Å²) in [5, 5.41) is 3.02. The van der Waals surface area contributed by atoms with Crippen LogP contribution in [0, 0.1) is 0 Å². The first kappa shape index (κ1) is 9.73. The van der Waals surface area contributed by atoms with E-state index in [1.165, 1.54) is 0 Å². The van der Waals surface area contributed by atoms with Crippen LogP contribution in [0.3, 0.4) is 0 Å². The summed E-state index contributed by atoms with van der Waals surface area (Å²) < 4.78 is 0. The number of rotatable bonds is 4. The van der Waals surface area contributed by atoms with Crippen LogP contribution in [0.5, 0.6) is 0 Å². The van der Waals surface area contributed by atoms with E-state index in [0.29, 0.717) is 19.0 Å². The highest BCUT2D eigenvalue weighted by atomic mass is 15.2. The summed E-state index contributed by atoms with van der Waals surface area (Å²) in [6.45, 7) is 1.27. The van der Waals surface area contributed by atoms with Gasteiger partial charge in [0.2, 0.25) is 5.95 Å². The predicted molar refractivity (Wildman–Crippen MR) is 53.9 cm³/mol. The molecule has 0 aliphatic heterocycles. The minimum absolute atomic E-state index is 0.579. The molecule has 0 atom stereocenters. The molecule has 1 aromatic rings. The first-order chi connectivity index (χ1) is 6.24. The number of nitrogens with one attached hydrogen (secondary N) is 1.